The van der Waals surface area contributed by atoms with Crippen molar-refractivity contribution in [3.63, 3.8) is 0 Å². The first kappa shape index (κ1) is 39.2. The number of nitrogens with zero attached hydrogens (tertiary/aromatic N) is 3. The molecule has 4 aliphatic heterocycles. The molecule has 0 spiro atoms. The molecule has 57 heavy (non-hydrogen) atoms. The minimum atomic E-state index is -1.91. The van der Waals surface area contributed by atoms with Crippen LogP contribution in [0.4, 0.5) is 25.8 Å². The van der Waals surface area contributed by atoms with Gasteiger partial charge in [-0.25, -0.2) is 9.28 Å². The van der Waals surface area contributed by atoms with Crippen LogP contribution in [0.2, 0.25) is 0 Å². The Bertz CT molecular complexity index is 2270. The van der Waals surface area contributed by atoms with Crippen LogP contribution in [0.1, 0.15) is 67.7 Å². The number of carboxylic acids is 2. The SMILES string of the molecule is CC1(C(=O)O)CC2c3ccccc3NC2[N+]1(Cc1ccccc1)C(=O)O.CC[N+]1(C(=O)[O-])c2ccccc2[C@H]2C[C@@](C)(C(=O)[O-])[N+](Cc3ccccc3)(C(=O)[O-])[C@@H]21. The van der Waals surface area contributed by atoms with E-state index in [0.717, 1.165) is 16.8 Å². The second-order valence-corrected chi connectivity index (χ2v) is 15.9. The van der Waals surface area contributed by atoms with Crippen LogP contribution in [0.3, 0.4) is 0 Å². The van der Waals surface area contributed by atoms with E-state index in [1.807, 2.05) is 54.6 Å². The first-order valence-electron chi connectivity index (χ1n) is 18.8. The van der Waals surface area contributed by atoms with Crippen molar-refractivity contribution in [2.75, 3.05) is 11.9 Å². The number of likely N-dealkylation sites (N-methyl/N-ethyl adjacent to an activating group) is 1. The fourth-order valence-electron chi connectivity index (χ4n) is 10.7. The van der Waals surface area contributed by atoms with Crippen LogP contribution in [-0.4, -0.2) is 79.4 Å². The zero-order valence-electron chi connectivity index (χ0n) is 31.7. The Kier molecular flexibility index (Phi) is 9.50. The molecule has 2 saturated heterocycles. The van der Waals surface area contributed by atoms with Crippen molar-refractivity contribution in [2.24, 2.45) is 0 Å². The number of amides is 3. The molecule has 8 rings (SSSR count). The zero-order valence-corrected chi connectivity index (χ0v) is 31.7. The van der Waals surface area contributed by atoms with Gasteiger partial charge in [-0.05, 0) is 25.5 Å². The molecule has 9 atom stereocenters. The van der Waals surface area contributed by atoms with Gasteiger partial charge in [0.05, 0.1) is 12.5 Å². The molecule has 2 fully saturated rings. The topological polar surface area (TPSA) is 207 Å². The van der Waals surface area contributed by atoms with Gasteiger partial charge < -0.3 is 45.2 Å². The van der Waals surface area contributed by atoms with Gasteiger partial charge in [-0.3, -0.25) is 0 Å². The summed E-state index contributed by atoms with van der Waals surface area (Å²) in [4.78, 5) is 62.9. The summed E-state index contributed by atoms with van der Waals surface area (Å²) < 4.78 is -2.45. The van der Waals surface area contributed by atoms with Gasteiger partial charge in [0.1, 0.15) is 36.2 Å². The zero-order chi connectivity index (χ0) is 41.1. The van der Waals surface area contributed by atoms with E-state index in [9.17, 15) is 49.5 Å². The third-order valence-corrected chi connectivity index (χ3v) is 13.5. The van der Waals surface area contributed by atoms with Crippen molar-refractivity contribution in [1.29, 1.82) is 0 Å². The Labute approximate surface area is 329 Å². The number of quaternary nitrogens is 3. The fraction of sp³-hybridized carbons (Fsp3) is 0.326. The van der Waals surface area contributed by atoms with E-state index in [1.54, 1.807) is 68.4 Å². The highest BCUT2D eigenvalue weighted by Crippen LogP contribution is 2.61. The molecular weight excluding hydrogens is 732 g/mol. The Balaban J connectivity index is 0.000000177. The number of hydrogen-bond acceptors (Lipinski definition) is 9. The normalized spacial score (nSPS) is 32.7. The van der Waals surface area contributed by atoms with Gasteiger partial charge in [0, 0.05) is 48.2 Å². The first-order chi connectivity index (χ1) is 27.1. The number of carbonyl (C=O) groups is 5. The van der Waals surface area contributed by atoms with E-state index in [0.29, 0.717) is 16.8 Å². The fourth-order valence-corrected chi connectivity index (χ4v) is 10.7. The number of nitrogens with one attached hydrogen (secondary N) is 1. The number of fused-ring (bicyclic) bond motifs is 6. The summed E-state index contributed by atoms with van der Waals surface area (Å²) in [6.45, 7) is 4.37. The lowest BCUT2D eigenvalue weighted by molar-refractivity contribution is -0.944. The highest BCUT2D eigenvalue weighted by atomic mass is 16.4. The molecule has 4 heterocycles. The summed E-state index contributed by atoms with van der Waals surface area (Å²) in [5.74, 6) is -3.43. The van der Waals surface area contributed by atoms with Gasteiger partial charge in [-0.15, -0.1) is 0 Å². The van der Waals surface area contributed by atoms with E-state index >= 15 is 0 Å². The number of carboxylic acid groups (broad SMARTS) is 5. The first-order valence-corrected chi connectivity index (χ1v) is 18.8. The van der Waals surface area contributed by atoms with Gasteiger partial charge in [0.25, 0.3) is 12.2 Å². The summed E-state index contributed by atoms with van der Waals surface area (Å²) in [5.41, 5.74) is 0.969. The van der Waals surface area contributed by atoms with Crippen LogP contribution in [0.5, 0.6) is 0 Å². The van der Waals surface area contributed by atoms with E-state index < -0.39 is 73.0 Å². The van der Waals surface area contributed by atoms with Crippen molar-refractivity contribution >= 4 is 41.6 Å². The third kappa shape index (κ3) is 5.31. The molecule has 0 radical (unpaired) electrons. The van der Waals surface area contributed by atoms with Crippen molar-refractivity contribution < 1.29 is 58.5 Å². The van der Waals surface area contributed by atoms with Gasteiger partial charge >= 0.3 is 12.1 Å². The van der Waals surface area contributed by atoms with Crippen LogP contribution in [-0.2, 0) is 22.7 Å². The summed E-state index contributed by atoms with van der Waals surface area (Å²) in [7, 11) is 0. The average molecular weight is 777 g/mol. The summed E-state index contributed by atoms with van der Waals surface area (Å²) in [5, 5.41) is 61.7. The Hall–Kier alpha value is -6.09. The highest BCUT2D eigenvalue weighted by Gasteiger charge is 2.76. The van der Waals surface area contributed by atoms with E-state index in [-0.39, 0.29) is 38.4 Å². The molecular formula is C43H44N4O10. The second-order valence-electron chi connectivity index (χ2n) is 15.9. The number of aliphatic carboxylic acids is 2. The summed E-state index contributed by atoms with van der Waals surface area (Å²) in [6.07, 6.45) is -5.76. The van der Waals surface area contributed by atoms with E-state index in [1.165, 1.54) is 6.92 Å². The predicted molar refractivity (Wildman–Crippen MR) is 200 cm³/mol. The lowest BCUT2D eigenvalue weighted by Crippen LogP contribution is -2.81. The molecule has 0 aromatic heterocycles. The number of rotatable bonds is 7. The van der Waals surface area contributed by atoms with Crippen molar-refractivity contribution in [3.8, 4) is 0 Å². The highest BCUT2D eigenvalue weighted by molar-refractivity contribution is 5.86. The Morgan fingerprint density at radius 2 is 1.18 bits per heavy atom. The van der Waals surface area contributed by atoms with Crippen LogP contribution >= 0.6 is 0 Å². The van der Waals surface area contributed by atoms with Crippen molar-refractivity contribution in [2.45, 2.75) is 81.9 Å². The summed E-state index contributed by atoms with van der Waals surface area (Å²) >= 11 is 0. The van der Waals surface area contributed by atoms with Gasteiger partial charge in [0.15, 0.2) is 6.17 Å². The van der Waals surface area contributed by atoms with Crippen LogP contribution in [0.15, 0.2) is 109 Å². The molecule has 4 aromatic carbocycles. The van der Waals surface area contributed by atoms with Gasteiger partial charge in [-0.1, -0.05) is 97.1 Å². The van der Waals surface area contributed by atoms with Crippen molar-refractivity contribution in [3.05, 3.63) is 131 Å². The molecule has 0 saturated carbocycles. The molecule has 14 nitrogen and oxygen atoms in total. The molecule has 296 valence electrons. The molecule has 4 aromatic rings. The van der Waals surface area contributed by atoms with Crippen LogP contribution in [0, 0.1) is 0 Å². The number of likely N-dealkylation sites (tertiary alicyclic amines) is 2. The Morgan fingerprint density at radius 3 is 1.68 bits per heavy atom. The molecule has 0 aliphatic carbocycles. The molecule has 4 aliphatic rings. The van der Waals surface area contributed by atoms with Crippen LogP contribution in [0.25, 0.3) is 0 Å². The number of anilines is 1. The van der Waals surface area contributed by atoms with Gasteiger partial charge in [-0.2, -0.15) is 13.8 Å². The number of carbonyl (C=O) groups excluding carboxylic acids is 3. The maximum Gasteiger partial charge on any atom is 0.516 e. The number of hydrogen-bond donors (Lipinski definition) is 3. The standard InChI is InChI=1S/C23H24N2O6.C20H20N2O4/c1-3-24(21(28)29)18-12-8-7-11-16(18)17-13-23(2,20(26)27)25(19(17)24,22(30)31)14-15-9-5-4-6-10-15;1-20(18(23)24)11-15-14-9-5-6-10-16(14)21-17(15)22(20,19(25)26)12-13-7-3-2-4-8-13/h4-12,17,19H,3,13-14H2,1-2H3,(H-2,26,27,28,29,30,31);2-10,15,17,21H,11-12H2,1H3,(H-,23,24,25,26)/t17-,19+,23+,24?,25?;/m1./s1. The number of benzene rings is 4. The second kappa shape index (κ2) is 13.8. The molecule has 6 unspecified atom stereocenters. The molecule has 3 amide bonds. The minimum absolute atomic E-state index is 0.00822. The van der Waals surface area contributed by atoms with Crippen molar-refractivity contribution in [1.82, 2.24) is 4.48 Å². The van der Waals surface area contributed by atoms with E-state index in [2.05, 4.69) is 5.32 Å². The van der Waals surface area contributed by atoms with E-state index in [4.69, 9.17) is 0 Å². The summed E-state index contributed by atoms with van der Waals surface area (Å²) in [6, 6.07) is 32.3. The monoisotopic (exact) mass is 776 g/mol. The predicted octanol–water partition coefficient (Wildman–Crippen LogP) is 3.52. The third-order valence-electron chi connectivity index (χ3n) is 13.5. The maximum absolute atomic E-state index is 12.9. The minimum Gasteiger partial charge on any atom is -0.544 e. The quantitative estimate of drug-likeness (QED) is 0.232. The van der Waals surface area contributed by atoms with Gasteiger partial charge in [0.2, 0.25) is 11.7 Å². The lowest BCUT2D eigenvalue weighted by Gasteiger charge is -2.53. The number of para-hydroxylation sites is 2. The maximum atomic E-state index is 12.9. The average Bonchev–Trinajstić information content (AvgIpc) is 3.86. The smallest absolute Gasteiger partial charge is 0.516 e. The van der Waals surface area contributed by atoms with Crippen LogP contribution < -0.4 is 25.1 Å². The molecule has 0 bridgehead atoms. The lowest BCUT2D eigenvalue weighted by atomic mass is 9.89. The Morgan fingerprint density at radius 1 is 0.667 bits per heavy atom. The molecule has 14 heteroatoms. The largest absolute Gasteiger partial charge is 0.544 e. The molecule has 3 N–H and O–H groups in total.